The van der Waals surface area contributed by atoms with E-state index in [2.05, 4.69) is 30.6 Å². The van der Waals surface area contributed by atoms with Gasteiger partial charge in [0.15, 0.2) is 0 Å². The molecule has 2 N–H and O–H groups in total. The lowest BCUT2D eigenvalue weighted by Gasteiger charge is -2.02. The van der Waals surface area contributed by atoms with Gasteiger partial charge >= 0.3 is 0 Å². The summed E-state index contributed by atoms with van der Waals surface area (Å²) in [4.78, 5) is 0. The summed E-state index contributed by atoms with van der Waals surface area (Å²) in [6, 6.07) is 18.1. The van der Waals surface area contributed by atoms with E-state index in [1.54, 1.807) is 0 Å². The summed E-state index contributed by atoms with van der Waals surface area (Å²) >= 11 is 0. The quantitative estimate of drug-likeness (QED) is 0.326. The molecular weight excluding hydrogens is 364 g/mol. The molecule has 0 spiro atoms. The summed E-state index contributed by atoms with van der Waals surface area (Å²) in [5, 5.41) is 0. The summed E-state index contributed by atoms with van der Waals surface area (Å²) in [5.41, 5.74) is 8.94. The van der Waals surface area contributed by atoms with Gasteiger partial charge in [0.05, 0.1) is 0 Å². The normalized spacial score (nSPS) is 9.90. The number of unbranched alkanes of at least 4 members (excludes halogenated alkanes) is 2. The molecule has 1 nitrogen and oxygen atoms in total. The van der Waals surface area contributed by atoms with E-state index in [0.29, 0.717) is 0 Å². The molecule has 0 aromatic heterocycles. The Labute approximate surface area is 170 Å². The number of nitrogen functional groups attached to an aromatic ring is 1. The van der Waals surface area contributed by atoms with Crippen LogP contribution in [-0.4, -0.2) is 0 Å². The lowest BCUT2D eigenvalue weighted by atomic mass is 10.0. The van der Waals surface area contributed by atoms with Crippen molar-refractivity contribution in [3.8, 4) is 34.8 Å². The van der Waals surface area contributed by atoms with Crippen LogP contribution in [0.3, 0.4) is 0 Å². The SMILES string of the molecule is CCCCC#Cc1ccc(-c2ccc(C#Cc3cc(F)c(N)c(F)c3)cc2)cc1. The van der Waals surface area contributed by atoms with E-state index in [1.165, 1.54) is 0 Å². The first-order chi connectivity index (χ1) is 14.1. The molecule has 0 aliphatic carbocycles. The van der Waals surface area contributed by atoms with Gasteiger partial charge in [0.1, 0.15) is 17.3 Å². The molecule has 0 amide bonds. The van der Waals surface area contributed by atoms with Crippen LogP contribution in [0.2, 0.25) is 0 Å². The molecule has 3 aromatic rings. The van der Waals surface area contributed by atoms with Crippen LogP contribution in [0.15, 0.2) is 60.7 Å². The summed E-state index contributed by atoms with van der Waals surface area (Å²) in [6.07, 6.45) is 3.21. The van der Waals surface area contributed by atoms with E-state index in [4.69, 9.17) is 5.73 Å². The van der Waals surface area contributed by atoms with Gasteiger partial charge in [-0.15, -0.1) is 0 Å². The Morgan fingerprint density at radius 1 is 0.724 bits per heavy atom. The Kier molecular flexibility index (Phi) is 6.67. The van der Waals surface area contributed by atoms with Crippen molar-refractivity contribution in [2.45, 2.75) is 26.2 Å². The minimum absolute atomic E-state index is 0.244. The lowest BCUT2D eigenvalue weighted by molar-refractivity contribution is 0.591. The number of rotatable bonds is 3. The Balaban J connectivity index is 1.71. The van der Waals surface area contributed by atoms with E-state index >= 15 is 0 Å². The number of halogens is 2. The maximum atomic E-state index is 13.5. The maximum absolute atomic E-state index is 13.5. The highest BCUT2D eigenvalue weighted by atomic mass is 19.1. The molecule has 144 valence electrons. The zero-order valence-corrected chi connectivity index (χ0v) is 16.2. The van der Waals surface area contributed by atoms with Crippen LogP contribution >= 0.6 is 0 Å². The number of hydrogen-bond donors (Lipinski definition) is 1. The zero-order chi connectivity index (χ0) is 20.6. The van der Waals surface area contributed by atoms with Crippen LogP contribution in [0.4, 0.5) is 14.5 Å². The van der Waals surface area contributed by atoms with Crippen molar-refractivity contribution in [3.05, 3.63) is 89.0 Å². The molecular formula is C26H21F2N. The largest absolute Gasteiger partial charge is 0.394 e. The fourth-order valence-electron chi connectivity index (χ4n) is 2.72. The molecule has 0 aliphatic heterocycles. The van der Waals surface area contributed by atoms with Crippen molar-refractivity contribution in [2.75, 3.05) is 5.73 Å². The molecule has 0 unspecified atom stereocenters. The summed E-state index contributed by atoms with van der Waals surface area (Å²) in [6.45, 7) is 2.16. The van der Waals surface area contributed by atoms with Gasteiger partial charge in [0.25, 0.3) is 0 Å². The van der Waals surface area contributed by atoms with Crippen molar-refractivity contribution < 1.29 is 8.78 Å². The second kappa shape index (κ2) is 9.58. The van der Waals surface area contributed by atoms with Crippen LogP contribution < -0.4 is 5.73 Å². The van der Waals surface area contributed by atoms with Crippen molar-refractivity contribution >= 4 is 5.69 Å². The molecule has 0 saturated heterocycles. The first-order valence-electron chi connectivity index (χ1n) is 9.52. The highest BCUT2D eigenvalue weighted by Crippen LogP contribution is 2.20. The van der Waals surface area contributed by atoms with Crippen LogP contribution in [0.1, 0.15) is 42.9 Å². The Hall–Kier alpha value is -3.56. The highest BCUT2D eigenvalue weighted by Gasteiger charge is 2.06. The average molecular weight is 385 g/mol. The first kappa shape index (κ1) is 20.2. The van der Waals surface area contributed by atoms with Gasteiger partial charge in [-0.05, 0) is 53.9 Å². The maximum Gasteiger partial charge on any atom is 0.150 e. The molecule has 0 bridgehead atoms. The third kappa shape index (κ3) is 5.47. The van der Waals surface area contributed by atoms with Gasteiger partial charge in [-0.2, -0.15) is 0 Å². The van der Waals surface area contributed by atoms with E-state index < -0.39 is 17.3 Å². The van der Waals surface area contributed by atoms with Gasteiger partial charge in [0.2, 0.25) is 0 Å². The highest BCUT2D eigenvalue weighted by molar-refractivity contribution is 5.65. The topological polar surface area (TPSA) is 26.0 Å². The second-order valence-electron chi connectivity index (χ2n) is 6.66. The Bertz CT molecular complexity index is 1080. The van der Waals surface area contributed by atoms with Crippen molar-refractivity contribution in [3.63, 3.8) is 0 Å². The molecule has 0 aliphatic rings. The molecule has 0 heterocycles. The molecule has 3 aromatic carbocycles. The molecule has 0 saturated carbocycles. The van der Waals surface area contributed by atoms with Crippen LogP contribution in [0.5, 0.6) is 0 Å². The second-order valence-corrected chi connectivity index (χ2v) is 6.66. The summed E-state index contributed by atoms with van der Waals surface area (Å²) < 4.78 is 27.0. The molecule has 3 heteroatoms. The number of hydrogen-bond acceptors (Lipinski definition) is 1. The van der Waals surface area contributed by atoms with Crippen LogP contribution in [-0.2, 0) is 0 Å². The third-order valence-electron chi connectivity index (χ3n) is 4.42. The monoisotopic (exact) mass is 385 g/mol. The van der Waals surface area contributed by atoms with E-state index in [1.807, 2.05) is 48.5 Å². The van der Waals surface area contributed by atoms with E-state index in [9.17, 15) is 8.78 Å². The Morgan fingerprint density at radius 3 is 1.72 bits per heavy atom. The first-order valence-corrected chi connectivity index (χ1v) is 9.52. The van der Waals surface area contributed by atoms with E-state index in [-0.39, 0.29) is 5.56 Å². The minimum Gasteiger partial charge on any atom is -0.394 e. The van der Waals surface area contributed by atoms with Gasteiger partial charge in [-0.1, -0.05) is 61.3 Å². The minimum atomic E-state index is -0.803. The van der Waals surface area contributed by atoms with Crippen molar-refractivity contribution in [2.24, 2.45) is 0 Å². The predicted octanol–water partition coefficient (Wildman–Crippen LogP) is 6.16. The van der Waals surface area contributed by atoms with E-state index in [0.717, 1.165) is 53.6 Å². The van der Waals surface area contributed by atoms with Gasteiger partial charge in [0, 0.05) is 23.1 Å². The van der Waals surface area contributed by atoms with Gasteiger partial charge in [-0.3, -0.25) is 0 Å². The van der Waals surface area contributed by atoms with Crippen LogP contribution in [0, 0.1) is 35.3 Å². The average Bonchev–Trinajstić information content (AvgIpc) is 2.74. The van der Waals surface area contributed by atoms with Gasteiger partial charge in [-0.25, -0.2) is 8.78 Å². The predicted molar refractivity (Wildman–Crippen MR) is 115 cm³/mol. The molecule has 3 rings (SSSR count). The fourth-order valence-corrected chi connectivity index (χ4v) is 2.72. The Morgan fingerprint density at radius 2 is 1.21 bits per heavy atom. The third-order valence-corrected chi connectivity index (χ3v) is 4.42. The number of nitrogens with two attached hydrogens (primary N) is 1. The van der Waals surface area contributed by atoms with Crippen molar-refractivity contribution in [1.29, 1.82) is 0 Å². The molecule has 0 atom stereocenters. The summed E-state index contributed by atoms with van der Waals surface area (Å²) in [7, 11) is 0. The smallest absolute Gasteiger partial charge is 0.150 e. The molecule has 0 fully saturated rings. The van der Waals surface area contributed by atoms with Gasteiger partial charge < -0.3 is 5.73 Å². The fraction of sp³-hybridized carbons (Fsp3) is 0.154. The molecule has 0 radical (unpaired) electrons. The lowest BCUT2D eigenvalue weighted by Crippen LogP contribution is -1.96. The molecule has 29 heavy (non-hydrogen) atoms. The standard InChI is InChI=1S/C26H21F2N/c1-2-3-4-5-6-19-9-13-22(14-10-19)23-15-11-20(12-16-23)7-8-21-17-24(27)26(29)25(28)18-21/h9-18H,2-4,29H2,1H3. The van der Waals surface area contributed by atoms with Crippen molar-refractivity contribution in [1.82, 2.24) is 0 Å². The zero-order valence-electron chi connectivity index (χ0n) is 16.2. The number of anilines is 1. The summed E-state index contributed by atoms with van der Waals surface area (Å²) in [5.74, 6) is 10.4. The van der Waals surface area contributed by atoms with Crippen LogP contribution in [0.25, 0.3) is 11.1 Å². The number of benzene rings is 3.